The second-order valence-corrected chi connectivity index (χ2v) is 4.65. The Bertz CT molecular complexity index is 325. The zero-order chi connectivity index (χ0) is 14.5. The first-order valence-corrected chi connectivity index (χ1v) is 6.26. The number of ether oxygens (including phenoxy) is 1. The average molecular weight is 281 g/mol. The number of amides is 1. The summed E-state index contributed by atoms with van der Waals surface area (Å²) >= 11 is 0. The molecule has 0 unspecified atom stereocenters. The third kappa shape index (κ3) is 5.48. The molecule has 0 aromatic carbocycles. The van der Waals surface area contributed by atoms with Crippen LogP contribution >= 0.6 is 0 Å². The van der Waals surface area contributed by atoms with E-state index in [1.54, 1.807) is 0 Å². The van der Waals surface area contributed by atoms with E-state index in [2.05, 4.69) is 4.74 Å². The van der Waals surface area contributed by atoms with Crippen LogP contribution in [0.25, 0.3) is 0 Å². The number of hydrogen-bond donors (Lipinski definition) is 0. The molecule has 0 spiro atoms. The number of hydrogen-bond acceptors (Lipinski definition) is 3. The Balaban J connectivity index is 2.61. The summed E-state index contributed by atoms with van der Waals surface area (Å²) < 4.78 is 40.8. The van der Waals surface area contributed by atoms with Crippen molar-refractivity contribution >= 4 is 11.9 Å². The SMILES string of the molecule is COC(=O)CN(C(=O)CCC(F)(F)F)C1CCCC1. The van der Waals surface area contributed by atoms with E-state index in [0.29, 0.717) is 0 Å². The Kier molecular flexibility index (Phi) is 5.62. The van der Waals surface area contributed by atoms with Crippen LogP contribution in [0.4, 0.5) is 13.2 Å². The zero-order valence-electron chi connectivity index (χ0n) is 10.8. The van der Waals surface area contributed by atoms with Crippen LogP contribution in [-0.2, 0) is 14.3 Å². The van der Waals surface area contributed by atoms with Gasteiger partial charge in [0.1, 0.15) is 6.54 Å². The number of carbonyl (C=O) groups is 2. The molecule has 0 aliphatic heterocycles. The summed E-state index contributed by atoms with van der Waals surface area (Å²) in [7, 11) is 1.19. The van der Waals surface area contributed by atoms with Crippen molar-refractivity contribution in [3.05, 3.63) is 0 Å². The third-order valence-corrected chi connectivity index (χ3v) is 3.24. The first-order valence-electron chi connectivity index (χ1n) is 6.26. The van der Waals surface area contributed by atoms with Gasteiger partial charge in [-0.2, -0.15) is 13.2 Å². The summed E-state index contributed by atoms with van der Waals surface area (Å²) in [6, 6.07) is -0.139. The van der Waals surface area contributed by atoms with Crippen molar-refractivity contribution in [2.45, 2.75) is 50.7 Å². The van der Waals surface area contributed by atoms with Crippen molar-refractivity contribution in [1.29, 1.82) is 0 Å². The number of methoxy groups -OCH3 is 1. The van der Waals surface area contributed by atoms with Crippen LogP contribution in [0.3, 0.4) is 0 Å². The van der Waals surface area contributed by atoms with Crippen LogP contribution in [-0.4, -0.2) is 42.6 Å². The first kappa shape index (κ1) is 15.8. The molecular weight excluding hydrogens is 263 g/mol. The summed E-state index contributed by atoms with van der Waals surface area (Å²) in [5.74, 6) is -1.23. The van der Waals surface area contributed by atoms with E-state index in [-0.39, 0.29) is 12.6 Å². The average Bonchev–Trinajstić information content (AvgIpc) is 2.85. The lowest BCUT2D eigenvalue weighted by Crippen LogP contribution is -2.42. The quantitative estimate of drug-likeness (QED) is 0.726. The molecule has 0 radical (unpaired) electrons. The predicted molar refractivity (Wildman–Crippen MR) is 61.3 cm³/mol. The van der Waals surface area contributed by atoms with Crippen LogP contribution in [0.1, 0.15) is 38.5 Å². The summed E-state index contributed by atoms with van der Waals surface area (Å²) in [5.41, 5.74) is 0. The molecule has 1 aliphatic rings. The molecule has 0 saturated heterocycles. The first-order chi connectivity index (χ1) is 8.83. The molecule has 1 rings (SSSR count). The molecule has 19 heavy (non-hydrogen) atoms. The van der Waals surface area contributed by atoms with Gasteiger partial charge in [0.05, 0.1) is 13.5 Å². The molecule has 4 nitrogen and oxygen atoms in total. The molecule has 0 heterocycles. The van der Waals surface area contributed by atoms with Gasteiger partial charge in [-0.25, -0.2) is 0 Å². The van der Waals surface area contributed by atoms with Gasteiger partial charge < -0.3 is 9.64 Å². The molecule has 7 heteroatoms. The van der Waals surface area contributed by atoms with Gasteiger partial charge in [-0.3, -0.25) is 9.59 Å². The zero-order valence-corrected chi connectivity index (χ0v) is 10.8. The number of alkyl halides is 3. The summed E-state index contributed by atoms with van der Waals surface area (Å²) in [4.78, 5) is 24.3. The molecule has 0 atom stereocenters. The van der Waals surface area contributed by atoms with Crippen molar-refractivity contribution in [3.63, 3.8) is 0 Å². The molecule has 1 fully saturated rings. The van der Waals surface area contributed by atoms with Crippen molar-refractivity contribution in [1.82, 2.24) is 4.90 Å². The van der Waals surface area contributed by atoms with Crippen LogP contribution in [0.15, 0.2) is 0 Å². The van der Waals surface area contributed by atoms with Crippen LogP contribution in [0.5, 0.6) is 0 Å². The fourth-order valence-corrected chi connectivity index (χ4v) is 2.23. The molecule has 0 aromatic rings. The van der Waals surface area contributed by atoms with E-state index in [9.17, 15) is 22.8 Å². The number of halogens is 3. The Morgan fingerprint density at radius 3 is 2.32 bits per heavy atom. The maximum absolute atomic E-state index is 12.1. The monoisotopic (exact) mass is 281 g/mol. The molecular formula is C12H18F3NO3. The minimum atomic E-state index is -4.36. The fourth-order valence-electron chi connectivity index (χ4n) is 2.23. The second-order valence-electron chi connectivity index (χ2n) is 4.65. The Morgan fingerprint density at radius 2 is 1.84 bits per heavy atom. The van der Waals surface area contributed by atoms with E-state index < -0.39 is 30.9 Å². The largest absolute Gasteiger partial charge is 0.468 e. The normalized spacial score (nSPS) is 16.4. The molecule has 1 saturated carbocycles. The number of carbonyl (C=O) groups excluding carboxylic acids is 2. The predicted octanol–water partition coefficient (Wildman–Crippen LogP) is 2.27. The molecule has 1 aliphatic carbocycles. The van der Waals surface area contributed by atoms with Gasteiger partial charge in [0.15, 0.2) is 0 Å². The van der Waals surface area contributed by atoms with Gasteiger partial charge in [0, 0.05) is 12.5 Å². The second kappa shape index (κ2) is 6.77. The van der Waals surface area contributed by atoms with Crippen molar-refractivity contribution in [2.75, 3.05) is 13.7 Å². The highest BCUT2D eigenvalue weighted by molar-refractivity contribution is 5.82. The van der Waals surface area contributed by atoms with E-state index in [1.807, 2.05) is 0 Å². The lowest BCUT2D eigenvalue weighted by molar-refractivity contribution is -0.154. The highest BCUT2D eigenvalue weighted by Crippen LogP contribution is 2.26. The summed E-state index contributed by atoms with van der Waals surface area (Å²) in [5, 5.41) is 0. The van der Waals surface area contributed by atoms with Gasteiger partial charge in [-0.15, -0.1) is 0 Å². The van der Waals surface area contributed by atoms with E-state index >= 15 is 0 Å². The minimum absolute atomic E-state index is 0.139. The Morgan fingerprint density at radius 1 is 1.26 bits per heavy atom. The Hall–Kier alpha value is -1.27. The van der Waals surface area contributed by atoms with Gasteiger partial charge in [0.2, 0.25) is 5.91 Å². The fraction of sp³-hybridized carbons (Fsp3) is 0.833. The smallest absolute Gasteiger partial charge is 0.389 e. The van der Waals surface area contributed by atoms with Gasteiger partial charge in [0.25, 0.3) is 0 Å². The van der Waals surface area contributed by atoms with Crippen LogP contribution in [0.2, 0.25) is 0 Å². The summed E-state index contributed by atoms with van der Waals surface area (Å²) in [6.45, 7) is -0.266. The van der Waals surface area contributed by atoms with E-state index in [0.717, 1.165) is 25.7 Å². The van der Waals surface area contributed by atoms with Crippen molar-refractivity contribution in [2.24, 2.45) is 0 Å². The molecule has 0 N–H and O–H groups in total. The molecule has 110 valence electrons. The van der Waals surface area contributed by atoms with Gasteiger partial charge in [-0.1, -0.05) is 12.8 Å². The summed E-state index contributed by atoms with van der Waals surface area (Å²) in [6.07, 6.45) is -2.82. The van der Waals surface area contributed by atoms with E-state index in [1.165, 1.54) is 12.0 Å². The van der Waals surface area contributed by atoms with Gasteiger partial charge >= 0.3 is 12.1 Å². The van der Waals surface area contributed by atoms with Gasteiger partial charge in [-0.05, 0) is 12.8 Å². The lowest BCUT2D eigenvalue weighted by atomic mass is 10.1. The van der Waals surface area contributed by atoms with E-state index in [4.69, 9.17) is 0 Å². The van der Waals surface area contributed by atoms with Crippen molar-refractivity contribution < 1.29 is 27.5 Å². The van der Waals surface area contributed by atoms with Crippen LogP contribution < -0.4 is 0 Å². The topological polar surface area (TPSA) is 46.6 Å². The number of nitrogens with zero attached hydrogens (tertiary/aromatic N) is 1. The molecule has 0 aromatic heterocycles. The van der Waals surface area contributed by atoms with Crippen LogP contribution in [0, 0.1) is 0 Å². The highest BCUT2D eigenvalue weighted by Gasteiger charge is 2.32. The number of esters is 1. The minimum Gasteiger partial charge on any atom is -0.468 e. The lowest BCUT2D eigenvalue weighted by Gasteiger charge is -2.28. The maximum Gasteiger partial charge on any atom is 0.389 e. The number of rotatable bonds is 5. The molecule has 1 amide bonds. The maximum atomic E-state index is 12.1. The van der Waals surface area contributed by atoms with Crippen molar-refractivity contribution in [3.8, 4) is 0 Å². The Labute approximate surface area is 109 Å². The highest BCUT2D eigenvalue weighted by atomic mass is 19.4. The third-order valence-electron chi connectivity index (χ3n) is 3.24. The standard InChI is InChI=1S/C12H18F3NO3/c1-19-11(18)8-16(9-4-2-3-5-9)10(17)6-7-12(13,14)15/h9H,2-8H2,1H3. The molecule has 0 bridgehead atoms.